The molecule has 29 heavy (non-hydrogen) atoms. The molecule has 5 rings (SSSR count). The molecule has 0 radical (unpaired) electrons. The molecule has 2 heterocycles. The number of carbonyl (C=O) groups excluding carboxylic acids is 3. The summed E-state index contributed by atoms with van der Waals surface area (Å²) < 4.78 is 1.49. The first-order chi connectivity index (χ1) is 14.0. The van der Waals surface area contributed by atoms with E-state index in [9.17, 15) is 14.4 Å². The third-order valence-corrected chi connectivity index (χ3v) is 6.04. The first-order valence-electron chi connectivity index (χ1n) is 9.57. The van der Waals surface area contributed by atoms with E-state index in [2.05, 4.69) is 20.7 Å². The second-order valence-corrected chi connectivity index (χ2v) is 8.23. The Labute approximate surface area is 171 Å². The Morgan fingerprint density at radius 2 is 1.97 bits per heavy atom. The van der Waals surface area contributed by atoms with Crippen LogP contribution in [-0.4, -0.2) is 49.6 Å². The van der Waals surface area contributed by atoms with Gasteiger partial charge in [-0.1, -0.05) is 11.6 Å². The van der Waals surface area contributed by atoms with E-state index in [1.807, 2.05) is 0 Å². The van der Waals surface area contributed by atoms with Crippen LogP contribution < -0.4 is 10.6 Å². The number of anilines is 1. The number of benzene rings is 1. The highest BCUT2D eigenvalue weighted by Gasteiger charge is 2.65. The number of amides is 4. The first kappa shape index (κ1) is 18.1. The highest BCUT2D eigenvalue weighted by molar-refractivity contribution is 6.31. The van der Waals surface area contributed by atoms with Gasteiger partial charge in [-0.25, -0.2) is 14.5 Å². The van der Waals surface area contributed by atoms with Gasteiger partial charge in [0.15, 0.2) is 0 Å². The molecule has 1 aromatic heterocycles. The minimum atomic E-state index is -0.806. The van der Waals surface area contributed by atoms with Crippen LogP contribution in [0.2, 0.25) is 5.02 Å². The van der Waals surface area contributed by atoms with Crippen molar-refractivity contribution in [2.24, 2.45) is 11.8 Å². The highest BCUT2D eigenvalue weighted by atomic mass is 35.5. The maximum atomic E-state index is 13.1. The van der Waals surface area contributed by atoms with Gasteiger partial charge in [-0.3, -0.25) is 14.5 Å². The fraction of sp³-hybridized carbons (Fsp3) is 0.421. The molecule has 3 aliphatic rings. The van der Waals surface area contributed by atoms with Crippen LogP contribution in [0.1, 0.15) is 25.7 Å². The SMILES string of the molecule is O=C(CN1C(=O)NC(C2CC2)(C2CC2)C1=O)Nc1cc(Cl)ccc1-n1cncn1. The summed E-state index contributed by atoms with van der Waals surface area (Å²) in [5.41, 5.74) is 0.178. The molecule has 3 fully saturated rings. The smallest absolute Gasteiger partial charge is 0.323 e. The zero-order valence-electron chi connectivity index (χ0n) is 15.5. The van der Waals surface area contributed by atoms with Gasteiger partial charge >= 0.3 is 6.03 Å². The lowest BCUT2D eigenvalue weighted by Gasteiger charge is -2.26. The Bertz CT molecular complexity index is 987. The van der Waals surface area contributed by atoms with Gasteiger partial charge in [0.25, 0.3) is 5.91 Å². The normalized spacial score (nSPS) is 20.7. The fourth-order valence-electron chi connectivity index (χ4n) is 4.20. The molecular weight excluding hydrogens is 396 g/mol. The van der Waals surface area contributed by atoms with E-state index >= 15 is 0 Å². The summed E-state index contributed by atoms with van der Waals surface area (Å²) in [6.07, 6.45) is 6.62. The maximum absolute atomic E-state index is 13.1. The zero-order chi connectivity index (χ0) is 20.2. The van der Waals surface area contributed by atoms with Crippen LogP contribution in [0.5, 0.6) is 0 Å². The fourth-order valence-corrected chi connectivity index (χ4v) is 4.37. The molecule has 2 saturated carbocycles. The Morgan fingerprint density at radius 1 is 1.24 bits per heavy atom. The number of urea groups is 1. The van der Waals surface area contributed by atoms with Crippen LogP contribution in [-0.2, 0) is 9.59 Å². The van der Waals surface area contributed by atoms with Crippen molar-refractivity contribution >= 4 is 35.1 Å². The summed E-state index contributed by atoms with van der Waals surface area (Å²) in [6.45, 7) is -0.352. The number of carbonyl (C=O) groups is 3. The Kier molecular flexibility index (Phi) is 4.09. The van der Waals surface area contributed by atoms with Gasteiger partial charge in [0.05, 0.1) is 11.4 Å². The summed E-state index contributed by atoms with van der Waals surface area (Å²) in [5.74, 6) is -0.387. The number of nitrogens with zero attached hydrogens (tertiary/aromatic N) is 4. The Morgan fingerprint density at radius 3 is 2.59 bits per heavy atom. The molecular formula is C19H19ClN6O3. The van der Waals surface area contributed by atoms with E-state index in [0.29, 0.717) is 16.4 Å². The Hall–Kier alpha value is -2.94. The van der Waals surface area contributed by atoms with Gasteiger partial charge in [-0.05, 0) is 55.7 Å². The number of halogens is 1. The van der Waals surface area contributed by atoms with Crippen molar-refractivity contribution in [1.29, 1.82) is 0 Å². The van der Waals surface area contributed by atoms with Crippen molar-refractivity contribution in [2.45, 2.75) is 31.2 Å². The topological polar surface area (TPSA) is 109 Å². The standard InChI is InChI=1S/C19H19ClN6O3/c20-13-5-6-15(26-10-21-9-22-26)14(7-13)23-16(27)8-25-17(28)19(11-1-2-11,12-3-4-12)24-18(25)29/h5-7,9-12H,1-4,8H2,(H,23,27)(H,24,29). The van der Waals surface area contributed by atoms with Crippen molar-refractivity contribution in [3.05, 3.63) is 35.9 Å². The van der Waals surface area contributed by atoms with Crippen LogP contribution in [0.4, 0.5) is 10.5 Å². The molecule has 150 valence electrons. The number of aromatic nitrogens is 3. The number of hydrogen-bond acceptors (Lipinski definition) is 5. The van der Waals surface area contributed by atoms with Gasteiger partial charge in [0.2, 0.25) is 5.91 Å². The largest absolute Gasteiger partial charge is 0.325 e. The van der Waals surface area contributed by atoms with Crippen LogP contribution >= 0.6 is 11.6 Å². The minimum Gasteiger partial charge on any atom is -0.323 e. The number of nitrogens with one attached hydrogen (secondary N) is 2. The second-order valence-electron chi connectivity index (χ2n) is 7.79. The molecule has 0 bridgehead atoms. The number of imide groups is 1. The molecule has 0 atom stereocenters. The molecule has 0 spiro atoms. The lowest BCUT2D eigenvalue weighted by Crippen LogP contribution is -2.51. The predicted octanol–water partition coefficient (Wildman–Crippen LogP) is 1.97. The summed E-state index contributed by atoms with van der Waals surface area (Å²) in [5, 5.41) is 10.2. The lowest BCUT2D eigenvalue weighted by atomic mass is 9.87. The molecule has 1 saturated heterocycles. The maximum Gasteiger partial charge on any atom is 0.325 e. The average Bonchev–Trinajstić information content (AvgIpc) is 3.62. The van der Waals surface area contributed by atoms with Gasteiger partial charge in [-0.2, -0.15) is 5.10 Å². The average molecular weight is 415 g/mol. The predicted molar refractivity (Wildman–Crippen MR) is 103 cm³/mol. The highest BCUT2D eigenvalue weighted by Crippen LogP contribution is 2.54. The van der Waals surface area contributed by atoms with Gasteiger partial charge in [-0.15, -0.1) is 0 Å². The third kappa shape index (κ3) is 3.05. The number of rotatable bonds is 6. The van der Waals surface area contributed by atoms with Crippen LogP contribution in [0.25, 0.3) is 5.69 Å². The van der Waals surface area contributed by atoms with Crippen LogP contribution in [0.3, 0.4) is 0 Å². The van der Waals surface area contributed by atoms with Gasteiger partial charge in [0.1, 0.15) is 24.7 Å². The molecule has 2 aromatic rings. The molecule has 1 aliphatic heterocycles. The quantitative estimate of drug-likeness (QED) is 0.702. The first-order valence-corrected chi connectivity index (χ1v) is 9.95. The molecule has 4 amide bonds. The van der Waals surface area contributed by atoms with Crippen molar-refractivity contribution in [2.75, 3.05) is 11.9 Å². The molecule has 9 nitrogen and oxygen atoms in total. The summed E-state index contributed by atoms with van der Waals surface area (Å²) in [7, 11) is 0. The minimum absolute atomic E-state index is 0.186. The summed E-state index contributed by atoms with van der Waals surface area (Å²) in [6, 6.07) is 4.46. The molecule has 0 unspecified atom stereocenters. The van der Waals surface area contributed by atoms with Crippen molar-refractivity contribution in [1.82, 2.24) is 25.0 Å². The van der Waals surface area contributed by atoms with E-state index in [1.54, 1.807) is 18.2 Å². The van der Waals surface area contributed by atoms with Crippen molar-refractivity contribution < 1.29 is 14.4 Å². The molecule has 2 N–H and O–H groups in total. The van der Waals surface area contributed by atoms with Crippen molar-refractivity contribution in [3.63, 3.8) is 0 Å². The van der Waals surface area contributed by atoms with E-state index in [0.717, 1.165) is 30.6 Å². The van der Waals surface area contributed by atoms with E-state index in [4.69, 9.17) is 11.6 Å². The monoisotopic (exact) mass is 414 g/mol. The molecule has 2 aliphatic carbocycles. The lowest BCUT2D eigenvalue weighted by molar-refractivity contribution is -0.135. The van der Waals surface area contributed by atoms with Crippen LogP contribution in [0, 0.1) is 11.8 Å². The number of hydrogen-bond donors (Lipinski definition) is 2. The summed E-state index contributed by atoms with van der Waals surface area (Å²) >= 11 is 6.07. The van der Waals surface area contributed by atoms with E-state index < -0.39 is 17.5 Å². The zero-order valence-corrected chi connectivity index (χ0v) is 16.2. The van der Waals surface area contributed by atoms with Crippen molar-refractivity contribution in [3.8, 4) is 5.69 Å². The van der Waals surface area contributed by atoms with E-state index in [-0.39, 0.29) is 24.3 Å². The second kappa shape index (κ2) is 6.55. The van der Waals surface area contributed by atoms with Crippen LogP contribution in [0.15, 0.2) is 30.9 Å². The third-order valence-electron chi connectivity index (χ3n) is 5.80. The molecule has 10 heteroatoms. The summed E-state index contributed by atoms with van der Waals surface area (Å²) in [4.78, 5) is 43.3. The Balaban J connectivity index is 1.35. The van der Waals surface area contributed by atoms with Gasteiger partial charge < -0.3 is 10.6 Å². The van der Waals surface area contributed by atoms with E-state index in [1.165, 1.54) is 17.3 Å². The van der Waals surface area contributed by atoms with Gasteiger partial charge in [0, 0.05) is 5.02 Å². The molecule has 1 aromatic carbocycles.